The first kappa shape index (κ1) is 15.9. The predicted octanol–water partition coefficient (Wildman–Crippen LogP) is 4.18. The molecule has 0 saturated heterocycles. The van der Waals surface area contributed by atoms with E-state index < -0.39 is 0 Å². The summed E-state index contributed by atoms with van der Waals surface area (Å²) in [5.74, 6) is 0.480. The molecule has 20 heavy (non-hydrogen) atoms. The SMILES string of the molecule is CCNCc1sc(C2(OCC)CCCC2)nc1C(C)C. The van der Waals surface area contributed by atoms with Crippen LogP contribution < -0.4 is 5.32 Å². The summed E-state index contributed by atoms with van der Waals surface area (Å²) in [5.41, 5.74) is 1.17. The molecule has 1 saturated carbocycles. The van der Waals surface area contributed by atoms with E-state index in [9.17, 15) is 0 Å². The molecular weight excluding hydrogens is 268 g/mol. The second-order valence-electron chi connectivity index (χ2n) is 5.90. The Morgan fingerprint density at radius 2 is 2.00 bits per heavy atom. The van der Waals surface area contributed by atoms with E-state index in [1.165, 1.54) is 28.4 Å². The Morgan fingerprint density at radius 3 is 2.55 bits per heavy atom. The van der Waals surface area contributed by atoms with Crippen molar-refractivity contribution < 1.29 is 4.74 Å². The standard InChI is InChI=1S/C16H28N2OS/c1-5-17-11-13-14(12(3)4)18-15(20-13)16(19-6-2)9-7-8-10-16/h12,17H,5-11H2,1-4H3. The molecular formula is C16H28N2OS. The van der Waals surface area contributed by atoms with Gasteiger partial charge in [0.05, 0.1) is 5.69 Å². The number of nitrogens with zero attached hydrogens (tertiary/aromatic N) is 1. The molecule has 4 heteroatoms. The quantitative estimate of drug-likeness (QED) is 0.819. The molecule has 0 unspecified atom stereocenters. The number of hydrogen-bond acceptors (Lipinski definition) is 4. The highest BCUT2D eigenvalue weighted by Crippen LogP contribution is 2.45. The van der Waals surface area contributed by atoms with Gasteiger partial charge in [-0.15, -0.1) is 11.3 Å². The molecule has 1 aromatic rings. The van der Waals surface area contributed by atoms with Gasteiger partial charge in [-0.3, -0.25) is 0 Å². The van der Waals surface area contributed by atoms with Crippen LogP contribution in [-0.4, -0.2) is 18.1 Å². The molecule has 0 amide bonds. The lowest BCUT2D eigenvalue weighted by Gasteiger charge is -2.26. The van der Waals surface area contributed by atoms with Crippen LogP contribution in [-0.2, 0) is 16.9 Å². The summed E-state index contributed by atoms with van der Waals surface area (Å²) in [5, 5.41) is 4.65. The Kier molecular flexibility index (Phi) is 5.58. The van der Waals surface area contributed by atoms with Gasteiger partial charge in [0.2, 0.25) is 0 Å². The minimum absolute atomic E-state index is 0.0898. The van der Waals surface area contributed by atoms with Crippen molar-refractivity contribution >= 4 is 11.3 Å². The van der Waals surface area contributed by atoms with Crippen LogP contribution in [0.15, 0.2) is 0 Å². The minimum Gasteiger partial charge on any atom is -0.368 e. The fourth-order valence-corrected chi connectivity index (χ4v) is 4.40. The van der Waals surface area contributed by atoms with Crippen molar-refractivity contribution in [1.82, 2.24) is 10.3 Å². The first-order valence-corrected chi connectivity index (χ1v) is 8.79. The molecule has 3 nitrogen and oxygen atoms in total. The number of ether oxygens (including phenoxy) is 1. The minimum atomic E-state index is -0.0898. The average Bonchev–Trinajstić information content (AvgIpc) is 3.03. The van der Waals surface area contributed by atoms with Gasteiger partial charge in [-0.25, -0.2) is 4.98 Å². The van der Waals surface area contributed by atoms with E-state index in [2.05, 4.69) is 33.0 Å². The summed E-state index contributed by atoms with van der Waals surface area (Å²) in [6.07, 6.45) is 4.79. The summed E-state index contributed by atoms with van der Waals surface area (Å²) in [4.78, 5) is 6.38. The zero-order valence-electron chi connectivity index (χ0n) is 13.3. The molecule has 1 N–H and O–H groups in total. The molecule has 1 aromatic heterocycles. The molecule has 0 spiro atoms. The van der Waals surface area contributed by atoms with Crippen LogP contribution in [0.1, 0.15) is 74.9 Å². The van der Waals surface area contributed by atoms with Gasteiger partial charge in [-0.1, -0.05) is 33.6 Å². The first-order chi connectivity index (χ1) is 9.63. The molecule has 1 heterocycles. The lowest BCUT2D eigenvalue weighted by molar-refractivity contribution is -0.0392. The van der Waals surface area contributed by atoms with Gasteiger partial charge >= 0.3 is 0 Å². The third-order valence-electron chi connectivity index (χ3n) is 4.03. The highest BCUT2D eigenvalue weighted by molar-refractivity contribution is 7.11. The molecule has 0 aromatic carbocycles. The monoisotopic (exact) mass is 296 g/mol. The van der Waals surface area contributed by atoms with E-state index in [1.54, 1.807) is 0 Å². The Bertz CT molecular complexity index is 422. The molecule has 0 aliphatic heterocycles. The molecule has 1 aliphatic carbocycles. The third-order valence-corrected chi connectivity index (χ3v) is 5.29. The van der Waals surface area contributed by atoms with Crippen LogP contribution in [0.4, 0.5) is 0 Å². The normalized spacial score (nSPS) is 18.1. The fourth-order valence-electron chi connectivity index (χ4n) is 3.02. The van der Waals surface area contributed by atoms with Gasteiger partial charge in [-0.2, -0.15) is 0 Å². The van der Waals surface area contributed by atoms with Gasteiger partial charge in [-0.05, 0) is 32.2 Å². The maximum Gasteiger partial charge on any atom is 0.125 e. The van der Waals surface area contributed by atoms with Crippen LogP contribution in [0.25, 0.3) is 0 Å². The van der Waals surface area contributed by atoms with Crippen LogP contribution >= 0.6 is 11.3 Å². The summed E-state index contributed by atoms with van der Waals surface area (Å²) in [6, 6.07) is 0. The molecule has 0 radical (unpaired) electrons. The topological polar surface area (TPSA) is 34.1 Å². The van der Waals surface area contributed by atoms with Crippen LogP contribution in [0.5, 0.6) is 0 Å². The number of thiazole rings is 1. The molecule has 1 aliphatic rings. The number of hydrogen-bond donors (Lipinski definition) is 1. The van der Waals surface area contributed by atoms with Crippen molar-refractivity contribution in [3.8, 4) is 0 Å². The van der Waals surface area contributed by atoms with E-state index in [-0.39, 0.29) is 5.60 Å². The summed E-state index contributed by atoms with van der Waals surface area (Å²) in [7, 11) is 0. The molecule has 114 valence electrons. The highest BCUT2D eigenvalue weighted by Gasteiger charge is 2.39. The van der Waals surface area contributed by atoms with Crippen LogP contribution in [0.2, 0.25) is 0 Å². The lowest BCUT2D eigenvalue weighted by Crippen LogP contribution is -2.26. The lowest BCUT2D eigenvalue weighted by atomic mass is 10.0. The van der Waals surface area contributed by atoms with Crippen LogP contribution in [0, 0.1) is 0 Å². The van der Waals surface area contributed by atoms with Crippen molar-refractivity contribution in [2.24, 2.45) is 0 Å². The van der Waals surface area contributed by atoms with Gasteiger partial charge in [0, 0.05) is 18.0 Å². The van der Waals surface area contributed by atoms with Crippen LogP contribution in [0.3, 0.4) is 0 Å². The smallest absolute Gasteiger partial charge is 0.125 e. The van der Waals surface area contributed by atoms with Crippen molar-refractivity contribution in [3.63, 3.8) is 0 Å². The van der Waals surface area contributed by atoms with Crippen molar-refractivity contribution in [2.45, 2.75) is 71.4 Å². The van der Waals surface area contributed by atoms with E-state index in [0.29, 0.717) is 5.92 Å². The second-order valence-corrected chi connectivity index (χ2v) is 6.98. The van der Waals surface area contributed by atoms with Gasteiger partial charge in [0.25, 0.3) is 0 Å². The largest absolute Gasteiger partial charge is 0.368 e. The zero-order chi connectivity index (χ0) is 14.6. The molecule has 1 fully saturated rings. The number of rotatable bonds is 7. The molecule has 0 bridgehead atoms. The van der Waals surface area contributed by atoms with E-state index in [0.717, 1.165) is 32.5 Å². The molecule has 0 atom stereocenters. The van der Waals surface area contributed by atoms with E-state index in [4.69, 9.17) is 9.72 Å². The Hall–Kier alpha value is -0.450. The van der Waals surface area contributed by atoms with Gasteiger partial charge in [0.15, 0.2) is 0 Å². The van der Waals surface area contributed by atoms with Gasteiger partial charge < -0.3 is 10.1 Å². The first-order valence-electron chi connectivity index (χ1n) is 7.97. The highest BCUT2D eigenvalue weighted by atomic mass is 32.1. The Morgan fingerprint density at radius 1 is 1.30 bits per heavy atom. The fraction of sp³-hybridized carbons (Fsp3) is 0.812. The van der Waals surface area contributed by atoms with Crippen molar-refractivity contribution in [1.29, 1.82) is 0 Å². The van der Waals surface area contributed by atoms with Gasteiger partial charge in [0.1, 0.15) is 10.6 Å². The summed E-state index contributed by atoms with van der Waals surface area (Å²) in [6.45, 7) is 11.4. The van der Waals surface area contributed by atoms with E-state index >= 15 is 0 Å². The second kappa shape index (κ2) is 7.01. The predicted molar refractivity (Wildman–Crippen MR) is 85.4 cm³/mol. The van der Waals surface area contributed by atoms with Crippen molar-refractivity contribution in [2.75, 3.05) is 13.2 Å². The summed E-state index contributed by atoms with van der Waals surface area (Å²) >= 11 is 1.87. The zero-order valence-corrected chi connectivity index (χ0v) is 14.1. The number of nitrogens with one attached hydrogen (secondary N) is 1. The maximum atomic E-state index is 6.16. The maximum absolute atomic E-state index is 6.16. The Labute approximate surface area is 127 Å². The van der Waals surface area contributed by atoms with E-state index in [1.807, 2.05) is 11.3 Å². The third kappa shape index (κ3) is 3.23. The van der Waals surface area contributed by atoms with Crippen molar-refractivity contribution in [3.05, 3.63) is 15.6 Å². The molecule has 2 rings (SSSR count). The Balaban J connectivity index is 2.30. The average molecular weight is 296 g/mol. The number of aromatic nitrogens is 1. The summed E-state index contributed by atoms with van der Waals surface area (Å²) < 4.78 is 6.16.